The van der Waals surface area contributed by atoms with E-state index < -0.39 is 41.0 Å². The monoisotopic (exact) mass is 329 g/mol. The van der Waals surface area contributed by atoms with Crippen LogP contribution in [0.4, 0.5) is 18.9 Å². The van der Waals surface area contributed by atoms with Crippen molar-refractivity contribution in [2.24, 2.45) is 11.7 Å². The highest BCUT2D eigenvalue weighted by Crippen LogP contribution is 2.22. The standard InChI is InChI=1S/C15H18F3N3O2/c1-8(21-6-2-3-9(7-21)14(19)22)15(23)20-11-5-4-10(16)12(17)13(11)18/h4-5,8-9H,2-3,6-7H2,1H3,(H2,19,22)(H,20,23)/t8-,9+/m1/s1. The van der Waals surface area contributed by atoms with Crippen molar-refractivity contribution in [2.75, 3.05) is 18.4 Å². The molecule has 3 N–H and O–H groups in total. The number of carbonyl (C=O) groups is 2. The minimum absolute atomic E-state index is 0.334. The zero-order valence-electron chi connectivity index (χ0n) is 12.6. The van der Waals surface area contributed by atoms with Crippen LogP contribution >= 0.6 is 0 Å². The highest BCUT2D eigenvalue weighted by Gasteiger charge is 2.30. The van der Waals surface area contributed by atoms with Crippen LogP contribution in [0.5, 0.6) is 0 Å². The number of hydrogen-bond donors (Lipinski definition) is 2. The number of hydrogen-bond acceptors (Lipinski definition) is 3. The minimum Gasteiger partial charge on any atom is -0.369 e. The second kappa shape index (κ2) is 6.99. The number of benzene rings is 1. The van der Waals surface area contributed by atoms with Crippen molar-refractivity contribution in [1.82, 2.24) is 4.90 Å². The van der Waals surface area contributed by atoms with E-state index >= 15 is 0 Å². The van der Waals surface area contributed by atoms with Crippen LogP contribution in [-0.2, 0) is 9.59 Å². The van der Waals surface area contributed by atoms with Gasteiger partial charge >= 0.3 is 0 Å². The highest BCUT2D eigenvalue weighted by molar-refractivity contribution is 5.94. The van der Waals surface area contributed by atoms with E-state index in [9.17, 15) is 22.8 Å². The van der Waals surface area contributed by atoms with E-state index in [1.165, 1.54) is 0 Å². The maximum atomic E-state index is 13.6. The number of nitrogens with one attached hydrogen (secondary N) is 1. The summed E-state index contributed by atoms with van der Waals surface area (Å²) in [6.45, 7) is 2.53. The van der Waals surface area contributed by atoms with Gasteiger partial charge in [-0.05, 0) is 38.4 Å². The molecule has 0 aromatic heterocycles. The van der Waals surface area contributed by atoms with Crippen LogP contribution in [0, 0.1) is 23.4 Å². The number of carbonyl (C=O) groups excluding carboxylic acids is 2. The zero-order valence-corrected chi connectivity index (χ0v) is 12.6. The molecule has 1 fully saturated rings. The molecule has 2 amide bonds. The number of primary amides is 1. The summed E-state index contributed by atoms with van der Waals surface area (Å²) >= 11 is 0. The number of piperidine rings is 1. The molecule has 0 unspecified atom stereocenters. The molecule has 0 aliphatic carbocycles. The third-order valence-corrected chi connectivity index (χ3v) is 4.08. The van der Waals surface area contributed by atoms with E-state index in [2.05, 4.69) is 5.32 Å². The summed E-state index contributed by atoms with van der Waals surface area (Å²) in [5, 5.41) is 2.24. The molecule has 1 heterocycles. The van der Waals surface area contributed by atoms with Crippen LogP contribution in [0.15, 0.2) is 12.1 Å². The summed E-state index contributed by atoms with van der Waals surface area (Å²) in [7, 11) is 0. The first kappa shape index (κ1) is 17.3. The van der Waals surface area contributed by atoms with Crippen LogP contribution < -0.4 is 11.1 Å². The molecule has 5 nitrogen and oxygen atoms in total. The maximum Gasteiger partial charge on any atom is 0.241 e. The van der Waals surface area contributed by atoms with Crippen molar-refractivity contribution in [3.63, 3.8) is 0 Å². The third-order valence-electron chi connectivity index (χ3n) is 4.08. The lowest BCUT2D eigenvalue weighted by atomic mass is 9.96. The Morgan fingerprint density at radius 3 is 2.65 bits per heavy atom. The molecule has 1 aromatic carbocycles. The quantitative estimate of drug-likeness (QED) is 0.825. The molecule has 126 valence electrons. The molecular weight excluding hydrogens is 311 g/mol. The van der Waals surface area contributed by atoms with E-state index in [0.29, 0.717) is 25.9 Å². The molecule has 0 spiro atoms. The molecule has 23 heavy (non-hydrogen) atoms. The fraction of sp³-hybridized carbons (Fsp3) is 0.467. The molecule has 0 saturated carbocycles. The summed E-state index contributed by atoms with van der Waals surface area (Å²) < 4.78 is 39.7. The van der Waals surface area contributed by atoms with Crippen LogP contribution in [0.3, 0.4) is 0 Å². The molecule has 1 aliphatic rings. The lowest BCUT2D eigenvalue weighted by Crippen LogP contribution is -2.49. The largest absolute Gasteiger partial charge is 0.369 e. The summed E-state index contributed by atoms with van der Waals surface area (Å²) in [6, 6.07) is 1.04. The van der Waals surface area contributed by atoms with Gasteiger partial charge in [0.2, 0.25) is 11.8 Å². The Kier molecular flexibility index (Phi) is 5.25. The lowest BCUT2D eigenvalue weighted by Gasteiger charge is -2.34. The van der Waals surface area contributed by atoms with Gasteiger partial charge in [0.05, 0.1) is 17.6 Å². The van der Waals surface area contributed by atoms with E-state index in [-0.39, 0.29) is 5.92 Å². The Labute approximate surface area is 131 Å². The number of amides is 2. The van der Waals surface area contributed by atoms with Gasteiger partial charge in [-0.1, -0.05) is 0 Å². The minimum atomic E-state index is -1.64. The van der Waals surface area contributed by atoms with Crippen molar-refractivity contribution in [3.05, 3.63) is 29.6 Å². The summed E-state index contributed by atoms with van der Waals surface area (Å²) in [4.78, 5) is 25.2. The van der Waals surface area contributed by atoms with Crippen LogP contribution in [-0.4, -0.2) is 35.8 Å². The van der Waals surface area contributed by atoms with Crippen LogP contribution in [0.2, 0.25) is 0 Å². The molecule has 0 bridgehead atoms. The normalized spacial score (nSPS) is 20.1. The zero-order chi connectivity index (χ0) is 17.1. The summed E-state index contributed by atoms with van der Waals surface area (Å²) in [5.41, 5.74) is 4.86. The Morgan fingerprint density at radius 2 is 2.00 bits per heavy atom. The van der Waals surface area contributed by atoms with Gasteiger partial charge in [0.25, 0.3) is 0 Å². The maximum absolute atomic E-state index is 13.6. The number of likely N-dealkylation sites (tertiary alicyclic amines) is 1. The number of rotatable bonds is 4. The first-order chi connectivity index (χ1) is 10.8. The van der Waals surface area contributed by atoms with Crippen LogP contribution in [0.25, 0.3) is 0 Å². The van der Waals surface area contributed by atoms with Gasteiger partial charge in [-0.25, -0.2) is 13.2 Å². The summed E-state index contributed by atoms with van der Waals surface area (Å²) in [6.07, 6.45) is 1.38. The molecule has 1 saturated heterocycles. The van der Waals surface area contributed by atoms with Crippen molar-refractivity contribution in [3.8, 4) is 0 Å². The lowest BCUT2D eigenvalue weighted by molar-refractivity contribution is -0.127. The number of nitrogens with two attached hydrogens (primary N) is 1. The predicted octanol–water partition coefficient (Wildman–Crippen LogP) is 1.63. The van der Waals surface area contributed by atoms with Gasteiger partial charge in [0.15, 0.2) is 17.5 Å². The molecule has 8 heteroatoms. The van der Waals surface area contributed by atoms with Crippen molar-refractivity contribution >= 4 is 17.5 Å². The molecule has 0 radical (unpaired) electrons. The number of halogens is 3. The van der Waals surface area contributed by atoms with E-state index in [1.807, 2.05) is 0 Å². The van der Waals surface area contributed by atoms with Crippen molar-refractivity contribution in [1.29, 1.82) is 0 Å². The number of nitrogens with zero attached hydrogens (tertiary/aromatic N) is 1. The Balaban J connectivity index is 2.05. The molecule has 2 rings (SSSR count). The Bertz CT molecular complexity index is 624. The van der Waals surface area contributed by atoms with Gasteiger partial charge in [0.1, 0.15) is 0 Å². The second-order valence-corrected chi connectivity index (χ2v) is 5.62. The van der Waals surface area contributed by atoms with Gasteiger partial charge in [-0.2, -0.15) is 0 Å². The van der Waals surface area contributed by atoms with Gasteiger partial charge in [-0.15, -0.1) is 0 Å². The Morgan fingerprint density at radius 1 is 1.30 bits per heavy atom. The molecule has 2 atom stereocenters. The molecular formula is C15H18F3N3O2. The fourth-order valence-corrected chi connectivity index (χ4v) is 2.62. The van der Waals surface area contributed by atoms with Gasteiger partial charge < -0.3 is 11.1 Å². The van der Waals surface area contributed by atoms with E-state index in [1.54, 1.807) is 11.8 Å². The molecule has 1 aromatic rings. The average Bonchev–Trinajstić information content (AvgIpc) is 2.54. The van der Waals surface area contributed by atoms with Crippen molar-refractivity contribution in [2.45, 2.75) is 25.8 Å². The van der Waals surface area contributed by atoms with Gasteiger partial charge in [0, 0.05) is 6.54 Å². The van der Waals surface area contributed by atoms with Crippen LogP contribution in [0.1, 0.15) is 19.8 Å². The van der Waals surface area contributed by atoms with Gasteiger partial charge in [-0.3, -0.25) is 14.5 Å². The fourth-order valence-electron chi connectivity index (χ4n) is 2.62. The smallest absolute Gasteiger partial charge is 0.241 e. The Hall–Kier alpha value is -2.09. The first-order valence-corrected chi connectivity index (χ1v) is 7.29. The third kappa shape index (κ3) is 3.82. The second-order valence-electron chi connectivity index (χ2n) is 5.62. The average molecular weight is 329 g/mol. The van der Waals surface area contributed by atoms with Crippen molar-refractivity contribution < 1.29 is 22.8 Å². The summed E-state index contributed by atoms with van der Waals surface area (Å²) in [5.74, 6) is -5.73. The predicted molar refractivity (Wildman–Crippen MR) is 77.9 cm³/mol. The molecule has 1 aliphatic heterocycles. The van der Waals surface area contributed by atoms with E-state index in [4.69, 9.17) is 5.73 Å². The van der Waals surface area contributed by atoms with E-state index in [0.717, 1.165) is 12.1 Å². The highest BCUT2D eigenvalue weighted by atomic mass is 19.2. The topological polar surface area (TPSA) is 75.4 Å². The first-order valence-electron chi connectivity index (χ1n) is 7.29. The number of anilines is 1. The SMILES string of the molecule is C[C@H](C(=O)Nc1ccc(F)c(F)c1F)N1CCC[C@H](C(N)=O)C1.